The maximum absolute atomic E-state index is 6.39. The Labute approximate surface area is 101 Å². The van der Waals surface area contributed by atoms with E-state index in [1.165, 1.54) is 51.4 Å². The van der Waals surface area contributed by atoms with E-state index in [4.69, 9.17) is 10.5 Å². The molecule has 0 aromatic heterocycles. The molecular formula is C14H29NO. The van der Waals surface area contributed by atoms with Crippen molar-refractivity contribution >= 4 is 0 Å². The van der Waals surface area contributed by atoms with Crippen LogP contribution in [0.5, 0.6) is 0 Å². The summed E-state index contributed by atoms with van der Waals surface area (Å²) in [7, 11) is 0. The first-order valence-electron chi connectivity index (χ1n) is 7.14. The summed E-state index contributed by atoms with van der Waals surface area (Å²) in [5.41, 5.74) is 6.40. The maximum atomic E-state index is 6.39. The molecule has 1 aliphatic rings. The van der Waals surface area contributed by atoms with Crippen molar-refractivity contribution in [3.8, 4) is 0 Å². The SMILES string of the molecule is CCCCCC(N)C1(OCC)CCCCC1. The number of hydrogen-bond donors (Lipinski definition) is 1. The molecule has 96 valence electrons. The molecular weight excluding hydrogens is 198 g/mol. The summed E-state index contributed by atoms with van der Waals surface area (Å²) in [6, 6.07) is 0.249. The van der Waals surface area contributed by atoms with Gasteiger partial charge in [0, 0.05) is 12.6 Å². The van der Waals surface area contributed by atoms with Crippen molar-refractivity contribution in [1.29, 1.82) is 0 Å². The van der Waals surface area contributed by atoms with Crippen LogP contribution in [0.15, 0.2) is 0 Å². The normalized spacial score (nSPS) is 21.9. The van der Waals surface area contributed by atoms with Crippen molar-refractivity contribution < 1.29 is 4.74 Å². The molecule has 2 N–H and O–H groups in total. The summed E-state index contributed by atoms with van der Waals surface area (Å²) in [4.78, 5) is 0. The number of hydrogen-bond acceptors (Lipinski definition) is 2. The summed E-state index contributed by atoms with van der Waals surface area (Å²) < 4.78 is 6.04. The summed E-state index contributed by atoms with van der Waals surface area (Å²) in [6.07, 6.45) is 11.3. The molecule has 16 heavy (non-hydrogen) atoms. The Balaban J connectivity index is 2.46. The largest absolute Gasteiger partial charge is 0.374 e. The van der Waals surface area contributed by atoms with E-state index < -0.39 is 0 Å². The molecule has 2 nitrogen and oxygen atoms in total. The van der Waals surface area contributed by atoms with Crippen LogP contribution < -0.4 is 5.73 Å². The second kappa shape index (κ2) is 7.29. The van der Waals surface area contributed by atoms with Crippen LogP contribution in [0.1, 0.15) is 71.6 Å². The summed E-state index contributed by atoms with van der Waals surface area (Å²) in [5.74, 6) is 0. The third-order valence-corrected chi connectivity index (χ3v) is 3.93. The van der Waals surface area contributed by atoms with Gasteiger partial charge in [0.1, 0.15) is 0 Å². The third kappa shape index (κ3) is 3.74. The Bertz CT molecular complexity index is 170. The predicted octanol–water partition coefficient (Wildman–Crippen LogP) is 3.63. The second-order valence-corrected chi connectivity index (χ2v) is 5.16. The topological polar surface area (TPSA) is 35.2 Å². The molecule has 1 fully saturated rings. The first-order chi connectivity index (χ1) is 7.75. The van der Waals surface area contributed by atoms with Crippen LogP contribution in [0.2, 0.25) is 0 Å². The van der Waals surface area contributed by atoms with Crippen molar-refractivity contribution in [3.05, 3.63) is 0 Å². The van der Waals surface area contributed by atoms with Gasteiger partial charge in [-0.2, -0.15) is 0 Å². The maximum Gasteiger partial charge on any atom is 0.0832 e. The predicted molar refractivity (Wildman–Crippen MR) is 69.6 cm³/mol. The highest BCUT2D eigenvalue weighted by molar-refractivity contribution is 4.93. The minimum atomic E-state index is 0.0146. The monoisotopic (exact) mass is 227 g/mol. The van der Waals surface area contributed by atoms with Gasteiger partial charge in [-0.25, -0.2) is 0 Å². The Morgan fingerprint density at radius 3 is 2.38 bits per heavy atom. The molecule has 0 aliphatic heterocycles. The molecule has 0 saturated heterocycles. The van der Waals surface area contributed by atoms with Crippen molar-refractivity contribution in [2.75, 3.05) is 6.61 Å². The number of unbranched alkanes of at least 4 members (excludes halogenated alkanes) is 2. The zero-order chi connectivity index (χ0) is 11.9. The van der Waals surface area contributed by atoms with Gasteiger partial charge in [0.05, 0.1) is 5.60 Å². The lowest BCUT2D eigenvalue weighted by Crippen LogP contribution is -2.51. The van der Waals surface area contributed by atoms with Crippen LogP contribution in [-0.4, -0.2) is 18.2 Å². The first-order valence-corrected chi connectivity index (χ1v) is 7.14. The lowest BCUT2D eigenvalue weighted by atomic mass is 9.78. The lowest BCUT2D eigenvalue weighted by Gasteiger charge is -2.41. The fourth-order valence-electron chi connectivity index (χ4n) is 2.94. The molecule has 0 bridgehead atoms. The van der Waals surface area contributed by atoms with Gasteiger partial charge >= 0.3 is 0 Å². The highest BCUT2D eigenvalue weighted by atomic mass is 16.5. The van der Waals surface area contributed by atoms with Crippen molar-refractivity contribution in [1.82, 2.24) is 0 Å². The molecule has 0 heterocycles. The molecule has 1 unspecified atom stereocenters. The van der Waals surface area contributed by atoms with Gasteiger partial charge in [0.15, 0.2) is 0 Å². The highest BCUT2D eigenvalue weighted by Gasteiger charge is 2.38. The third-order valence-electron chi connectivity index (χ3n) is 3.93. The van der Waals surface area contributed by atoms with Gasteiger partial charge in [0.2, 0.25) is 0 Å². The first kappa shape index (κ1) is 14.0. The number of ether oxygens (including phenoxy) is 1. The van der Waals surface area contributed by atoms with Crippen molar-refractivity contribution in [2.45, 2.75) is 83.3 Å². The van der Waals surface area contributed by atoms with E-state index in [0.717, 1.165) is 13.0 Å². The average molecular weight is 227 g/mol. The number of nitrogens with two attached hydrogens (primary N) is 1. The smallest absolute Gasteiger partial charge is 0.0832 e. The van der Waals surface area contributed by atoms with Crippen molar-refractivity contribution in [2.24, 2.45) is 5.73 Å². The lowest BCUT2D eigenvalue weighted by molar-refractivity contribution is -0.0837. The molecule has 1 atom stereocenters. The van der Waals surface area contributed by atoms with E-state index in [1.54, 1.807) is 0 Å². The van der Waals surface area contributed by atoms with Gasteiger partial charge in [-0.1, -0.05) is 45.4 Å². The minimum Gasteiger partial charge on any atom is -0.374 e. The molecule has 2 heteroatoms. The van der Waals surface area contributed by atoms with Crippen LogP contribution in [0, 0.1) is 0 Å². The molecule has 1 saturated carbocycles. The Hall–Kier alpha value is -0.0800. The Morgan fingerprint density at radius 2 is 1.81 bits per heavy atom. The van der Waals surface area contributed by atoms with E-state index in [1.807, 2.05) is 0 Å². The fraction of sp³-hybridized carbons (Fsp3) is 1.00. The van der Waals surface area contributed by atoms with E-state index in [0.29, 0.717) is 0 Å². The van der Waals surface area contributed by atoms with Crippen LogP contribution in [0.25, 0.3) is 0 Å². The molecule has 1 aliphatic carbocycles. The zero-order valence-corrected chi connectivity index (χ0v) is 11.1. The quantitative estimate of drug-likeness (QED) is 0.674. The van der Waals surface area contributed by atoms with E-state index in [9.17, 15) is 0 Å². The van der Waals surface area contributed by atoms with Crippen molar-refractivity contribution in [3.63, 3.8) is 0 Å². The van der Waals surface area contributed by atoms with Crippen LogP contribution in [0.3, 0.4) is 0 Å². The van der Waals surface area contributed by atoms with Crippen LogP contribution in [-0.2, 0) is 4.74 Å². The standard InChI is InChI=1S/C14H29NO/c1-3-5-7-10-13(15)14(16-4-2)11-8-6-9-12-14/h13H,3-12,15H2,1-2H3. The van der Waals surface area contributed by atoms with Gasteiger partial charge in [0.25, 0.3) is 0 Å². The van der Waals surface area contributed by atoms with Gasteiger partial charge < -0.3 is 10.5 Å². The van der Waals surface area contributed by atoms with E-state index in [-0.39, 0.29) is 11.6 Å². The van der Waals surface area contributed by atoms with E-state index >= 15 is 0 Å². The molecule has 0 spiro atoms. The number of rotatable bonds is 7. The molecule has 0 aromatic carbocycles. The Kier molecular flexibility index (Phi) is 6.37. The minimum absolute atomic E-state index is 0.0146. The molecule has 0 aromatic rings. The van der Waals surface area contributed by atoms with E-state index in [2.05, 4.69) is 13.8 Å². The van der Waals surface area contributed by atoms with Gasteiger partial charge in [-0.15, -0.1) is 0 Å². The van der Waals surface area contributed by atoms with Gasteiger partial charge in [-0.05, 0) is 26.2 Å². The van der Waals surface area contributed by atoms with Gasteiger partial charge in [-0.3, -0.25) is 0 Å². The Morgan fingerprint density at radius 1 is 1.12 bits per heavy atom. The second-order valence-electron chi connectivity index (χ2n) is 5.16. The molecule has 0 radical (unpaired) electrons. The van der Waals surface area contributed by atoms with Crippen LogP contribution >= 0.6 is 0 Å². The average Bonchev–Trinajstić information content (AvgIpc) is 2.31. The fourth-order valence-corrected chi connectivity index (χ4v) is 2.94. The molecule has 1 rings (SSSR count). The van der Waals surface area contributed by atoms with Crippen LogP contribution in [0.4, 0.5) is 0 Å². The zero-order valence-electron chi connectivity index (χ0n) is 11.1. The summed E-state index contributed by atoms with van der Waals surface area (Å²) >= 11 is 0. The highest BCUT2D eigenvalue weighted by Crippen LogP contribution is 2.35. The summed E-state index contributed by atoms with van der Waals surface area (Å²) in [5, 5.41) is 0. The molecule has 0 amide bonds. The summed E-state index contributed by atoms with van der Waals surface area (Å²) in [6.45, 7) is 5.14.